The van der Waals surface area contributed by atoms with Crippen molar-refractivity contribution in [2.75, 3.05) is 0 Å². The lowest BCUT2D eigenvalue weighted by atomic mass is 10.3. The van der Waals surface area contributed by atoms with E-state index in [1.807, 2.05) is 29.2 Å². The molecule has 5 nitrogen and oxygen atoms in total. The third kappa shape index (κ3) is 1.77. The summed E-state index contributed by atoms with van der Waals surface area (Å²) < 4.78 is 4.03. The smallest absolute Gasteiger partial charge is 0.147 e. The Bertz CT molecular complexity index is 665. The monoisotopic (exact) mass is 241 g/mol. The summed E-state index contributed by atoms with van der Waals surface area (Å²) in [5, 5.41) is 4.25. The normalized spacial score (nSPS) is 11.5. The molecule has 0 radical (unpaired) electrons. The van der Waals surface area contributed by atoms with Crippen LogP contribution in [0.15, 0.2) is 36.9 Å². The van der Waals surface area contributed by atoms with E-state index in [0.29, 0.717) is 12.6 Å². The molecule has 0 saturated heterocycles. The van der Waals surface area contributed by atoms with E-state index in [0.717, 1.165) is 16.9 Å². The lowest BCUT2D eigenvalue weighted by molar-refractivity contribution is 0.497. The van der Waals surface area contributed by atoms with E-state index >= 15 is 0 Å². The number of imidazole rings is 1. The van der Waals surface area contributed by atoms with Crippen molar-refractivity contribution in [1.29, 1.82) is 0 Å². The Labute approximate surface area is 105 Å². The maximum Gasteiger partial charge on any atom is 0.147 e. The summed E-state index contributed by atoms with van der Waals surface area (Å²) in [7, 11) is 0. The van der Waals surface area contributed by atoms with Gasteiger partial charge in [0.05, 0.1) is 23.9 Å². The van der Waals surface area contributed by atoms with Crippen molar-refractivity contribution in [3.8, 4) is 0 Å². The van der Waals surface area contributed by atoms with E-state index in [1.54, 1.807) is 6.33 Å². The summed E-state index contributed by atoms with van der Waals surface area (Å²) in [4.78, 5) is 8.70. The predicted octanol–water partition coefficient (Wildman–Crippen LogP) is 2.26. The number of fused-ring (bicyclic) bond motifs is 1. The van der Waals surface area contributed by atoms with Gasteiger partial charge in [0, 0.05) is 6.04 Å². The molecule has 5 heteroatoms. The minimum atomic E-state index is 0.317. The van der Waals surface area contributed by atoms with Crippen molar-refractivity contribution >= 4 is 11.0 Å². The average Bonchev–Trinajstić information content (AvgIpc) is 2.97. The van der Waals surface area contributed by atoms with Crippen LogP contribution in [0.25, 0.3) is 11.0 Å². The van der Waals surface area contributed by atoms with Crippen LogP contribution in [-0.4, -0.2) is 24.3 Å². The first-order valence-electron chi connectivity index (χ1n) is 6.04. The third-order valence-electron chi connectivity index (χ3n) is 2.98. The minimum Gasteiger partial charge on any atom is -0.323 e. The first-order chi connectivity index (χ1) is 8.75. The van der Waals surface area contributed by atoms with Crippen LogP contribution in [0, 0.1) is 0 Å². The number of hydrogen-bond acceptors (Lipinski definition) is 3. The first-order valence-corrected chi connectivity index (χ1v) is 6.04. The predicted molar refractivity (Wildman–Crippen MR) is 69.2 cm³/mol. The Morgan fingerprint density at radius 3 is 2.83 bits per heavy atom. The van der Waals surface area contributed by atoms with Gasteiger partial charge in [-0.15, -0.1) is 0 Å². The maximum atomic E-state index is 4.38. The number of aromatic nitrogens is 5. The summed E-state index contributed by atoms with van der Waals surface area (Å²) in [5.41, 5.74) is 2.13. The first kappa shape index (κ1) is 11.0. The molecule has 0 spiro atoms. The van der Waals surface area contributed by atoms with Crippen LogP contribution >= 0.6 is 0 Å². The number of rotatable bonds is 3. The van der Waals surface area contributed by atoms with Gasteiger partial charge in [0.15, 0.2) is 0 Å². The van der Waals surface area contributed by atoms with Crippen LogP contribution in [0.2, 0.25) is 0 Å². The van der Waals surface area contributed by atoms with Gasteiger partial charge < -0.3 is 4.57 Å². The van der Waals surface area contributed by atoms with Crippen molar-refractivity contribution in [2.24, 2.45) is 0 Å². The number of nitrogens with zero attached hydrogens (tertiary/aromatic N) is 5. The highest BCUT2D eigenvalue weighted by Crippen LogP contribution is 2.14. The number of benzene rings is 1. The van der Waals surface area contributed by atoms with Crippen molar-refractivity contribution in [3.63, 3.8) is 0 Å². The Hall–Kier alpha value is -2.17. The number of hydrogen-bond donors (Lipinski definition) is 0. The van der Waals surface area contributed by atoms with Gasteiger partial charge in [-0.1, -0.05) is 12.1 Å². The Morgan fingerprint density at radius 2 is 2.00 bits per heavy atom. The van der Waals surface area contributed by atoms with Crippen LogP contribution in [0.3, 0.4) is 0 Å². The molecule has 0 aliphatic rings. The molecule has 3 aromatic rings. The Kier molecular flexibility index (Phi) is 2.59. The summed E-state index contributed by atoms with van der Waals surface area (Å²) in [6.45, 7) is 4.90. The minimum absolute atomic E-state index is 0.317. The van der Waals surface area contributed by atoms with Gasteiger partial charge in [-0.05, 0) is 26.0 Å². The summed E-state index contributed by atoms with van der Waals surface area (Å²) >= 11 is 0. The lowest BCUT2D eigenvalue weighted by Gasteiger charge is -2.10. The molecule has 0 fully saturated rings. The third-order valence-corrected chi connectivity index (χ3v) is 2.98. The fourth-order valence-electron chi connectivity index (χ4n) is 2.11. The second kappa shape index (κ2) is 4.25. The Morgan fingerprint density at radius 1 is 1.17 bits per heavy atom. The SMILES string of the molecule is CC(C)n1ncnc1Cn1cnc2ccccc21. The highest BCUT2D eigenvalue weighted by molar-refractivity contribution is 5.74. The molecule has 0 saturated carbocycles. The fourth-order valence-corrected chi connectivity index (χ4v) is 2.11. The fraction of sp³-hybridized carbons (Fsp3) is 0.308. The molecule has 0 N–H and O–H groups in total. The summed E-state index contributed by atoms with van der Waals surface area (Å²) in [5.74, 6) is 0.952. The van der Waals surface area contributed by atoms with E-state index in [9.17, 15) is 0 Å². The zero-order valence-electron chi connectivity index (χ0n) is 10.5. The van der Waals surface area contributed by atoms with Crippen molar-refractivity contribution in [2.45, 2.75) is 26.4 Å². The van der Waals surface area contributed by atoms with Crippen molar-refractivity contribution in [1.82, 2.24) is 24.3 Å². The molecule has 2 heterocycles. The van der Waals surface area contributed by atoms with Gasteiger partial charge in [0.2, 0.25) is 0 Å². The molecular weight excluding hydrogens is 226 g/mol. The van der Waals surface area contributed by atoms with Crippen LogP contribution in [0.5, 0.6) is 0 Å². The van der Waals surface area contributed by atoms with E-state index in [2.05, 4.69) is 39.5 Å². The summed E-state index contributed by atoms with van der Waals surface area (Å²) in [6.07, 6.45) is 3.46. The molecule has 0 unspecified atom stereocenters. The second-order valence-electron chi connectivity index (χ2n) is 4.58. The zero-order chi connectivity index (χ0) is 12.5. The van der Waals surface area contributed by atoms with E-state index in [1.165, 1.54) is 0 Å². The highest BCUT2D eigenvalue weighted by atomic mass is 15.4. The topological polar surface area (TPSA) is 48.5 Å². The molecule has 1 aromatic carbocycles. The van der Waals surface area contributed by atoms with Crippen molar-refractivity contribution < 1.29 is 0 Å². The zero-order valence-corrected chi connectivity index (χ0v) is 10.5. The van der Waals surface area contributed by atoms with Crippen molar-refractivity contribution in [3.05, 3.63) is 42.7 Å². The maximum absolute atomic E-state index is 4.38. The molecule has 0 bridgehead atoms. The van der Waals surface area contributed by atoms with Gasteiger partial charge in [0.25, 0.3) is 0 Å². The molecule has 2 aromatic heterocycles. The quantitative estimate of drug-likeness (QED) is 0.706. The standard InChI is InChI=1S/C13H15N5/c1-10(2)18-13(14-8-16-18)7-17-9-15-11-5-3-4-6-12(11)17/h3-6,8-10H,7H2,1-2H3. The van der Waals surface area contributed by atoms with Gasteiger partial charge >= 0.3 is 0 Å². The van der Waals surface area contributed by atoms with Gasteiger partial charge in [-0.25, -0.2) is 14.6 Å². The highest BCUT2D eigenvalue weighted by Gasteiger charge is 2.09. The largest absolute Gasteiger partial charge is 0.323 e. The molecule has 0 aliphatic heterocycles. The van der Waals surface area contributed by atoms with Crippen LogP contribution in [0.1, 0.15) is 25.7 Å². The van der Waals surface area contributed by atoms with Gasteiger partial charge in [0.1, 0.15) is 12.2 Å². The van der Waals surface area contributed by atoms with Crippen LogP contribution < -0.4 is 0 Å². The molecule has 0 atom stereocenters. The lowest BCUT2D eigenvalue weighted by Crippen LogP contribution is -2.11. The van der Waals surface area contributed by atoms with E-state index in [-0.39, 0.29) is 0 Å². The Balaban J connectivity index is 1.99. The van der Waals surface area contributed by atoms with Crippen LogP contribution in [-0.2, 0) is 6.54 Å². The molecule has 92 valence electrons. The molecule has 3 rings (SSSR count). The molecule has 18 heavy (non-hydrogen) atoms. The average molecular weight is 241 g/mol. The molecule has 0 amide bonds. The van der Waals surface area contributed by atoms with Gasteiger partial charge in [-0.2, -0.15) is 5.10 Å². The van der Waals surface area contributed by atoms with Gasteiger partial charge in [-0.3, -0.25) is 0 Å². The van der Waals surface area contributed by atoms with Crippen LogP contribution in [0.4, 0.5) is 0 Å². The number of para-hydroxylation sites is 2. The molecular formula is C13H15N5. The van der Waals surface area contributed by atoms with E-state index in [4.69, 9.17) is 0 Å². The summed E-state index contributed by atoms with van der Waals surface area (Å²) in [6, 6.07) is 8.42. The van der Waals surface area contributed by atoms with E-state index < -0.39 is 0 Å². The second-order valence-corrected chi connectivity index (χ2v) is 4.58. The molecule has 0 aliphatic carbocycles.